The number of hydrogen-bond donors (Lipinski definition) is 2. The molecule has 0 bridgehead atoms. The highest BCUT2D eigenvalue weighted by Gasteiger charge is 2.30. The number of carbonyl (C=O) groups is 2. The van der Waals surface area contributed by atoms with Gasteiger partial charge in [-0.1, -0.05) is 0 Å². The molecule has 2 amide bonds. The minimum atomic E-state index is -0.620. The summed E-state index contributed by atoms with van der Waals surface area (Å²) in [5.41, 5.74) is 0.0617. The maximum Gasteiger partial charge on any atom is 0.228 e. The summed E-state index contributed by atoms with van der Waals surface area (Å²) >= 11 is 3.44. The lowest BCUT2D eigenvalue weighted by atomic mass is 10.00. The Morgan fingerprint density at radius 2 is 2.00 bits per heavy atom. The zero-order valence-corrected chi connectivity index (χ0v) is 13.4. The molecule has 0 unspecified atom stereocenters. The Labute approximate surface area is 126 Å². The third-order valence-corrected chi connectivity index (χ3v) is 3.77. The molecule has 1 heterocycles. The van der Waals surface area contributed by atoms with Crippen molar-refractivity contribution in [1.82, 2.24) is 10.3 Å². The largest absolute Gasteiger partial charge is 0.346 e. The lowest BCUT2D eigenvalue weighted by Crippen LogP contribution is -2.40. The molecule has 6 heteroatoms. The molecule has 0 spiro atoms. The topological polar surface area (TPSA) is 71.1 Å². The highest BCUT2D eigenvalue weighted by Crippen LogP contribution is 2.31. The van der Waals surface area contributed by atoms with Gasteiger partial charge >= 0.3 is 0 Å². The summed E-state index contributed by atoms with van der Waals surface area (Å²) in [6.07, 6.45) is 1.90. The number of rotatable bonds is 4. The van der Waals surface area contributed by atoms with Gasteiger partial charge in [0.25, 0.3) is 0 Å². The van der Waals surface area contributed by atoms with E-state index in [9.17, 15) is 9.59 Å². The summed E-state index contributed by atoms with van der Waals surface area (Å²) in [7, 11) is 0. The number of aromatic nitrogens is 1. The van der Waals surface area contributed by atoms with Crippen molar-refractivity contribution in [1.29, 1.82) is 0 Å². The SMILES string of the molecule is CC(=O)NC(C)(C)c1nc(NC(=O)C2CC2)ccc1Br. The second kappa shape index (κ2) is 5.52. The van der Waals surface area contributed by atoms with Gasteiger partial charge in [-0.2, -0.15) is 0 Å². The molecule has 108 valence electrons. The van der Waals surface area contributed by atoms with Crippen LogP contribution in [-0.2, 0) is 15.1 Å². The molecule has 0 atom stereocenters. The first-order chi connectivity index (χ1) is 9.29. The fourth-order valence-corrected chi connectivity index (χ4v) is 2.74. The van der Waals surface area contributed by atoms with Gasteiger partial charge in [-0.3, -0.25) is 9.59 Å². The Morgan fingerprint density at radius 1 is 1.35 bits per heavy atom. The van der Waals surface area contributed by atoms with Gasteiger partial charge in [0.05, 0.1) is 11.2 Å². The fourth-order valence-electron chi connectivity index (χ4n) is 2.02. The van der Waals surface area contributed by atoms with E-state index in [1.807, 2.05) is 19.9 Å². The number of halogens is 1. The number of carbonyl (C=O) groups excluding carboxylic acids is 2. The van der Waals surface area contributed by atoms with Crippen LogP contribution in [0.3, 0.4) is 0 Å². The van der Waals surface area contributed by atoms with E-state index in [-0.39, 0.29) is 17.7 Å². The Morgan fingerprint density at radius 3 is 2.55 bits per heavy atom. The van der Waals surface area contributed by atoms with Crippen molar-refractivity contribution in [2.75, 3.05) is 5.32 Å². The Hall–Kier alpha value is -1.43. The van der Waals surface area contributed by atoms with E-state index < -0.39 is 5.54 Å². The Balaban J connectivity index is 2.23. The average molecular weight is 340 g/mol. The lowest BCUT2D eigenvalue weighted by molar-refractivity contribution is -0.120. The summed E-state index contributed by atoms with van der Waals surface area (Å²) in [6.45, 7) is 5.20. The molecule has 0 aromatic carbocycles. The van der Waals surface area contributed by atoms with Crippen molar-refractivity contribution in [2.24, 2.45) is 5.92 Å². The number of hydrogen-bond acceptors (Lipinski definition) is 3. The number of anilines is 1. The van der Waals surface area contributed by atoms with Crippen LogP contribution in [0.5, 0.6) is 0 Å². The highest BCUT2D eigenvalue weighted by molar-refractivity contribution is 9.10. The van der Waals surface area contributed by atoms with Gasteiger partial charge in [-0.25, -0.2) is 4.98 Å². The van der Waals surface area contributed by atoms with Gasteiger partial charge in [0.2, 0.25) is 11.8 Å². The minimum absolute atomic E-state index is 0.0168. The van der Waals surface area contributed by atoms with Gasteiger partial charge in [-0.05, 0) is 54.8 Å². The van der Waals surface area contributed by atoms with Gasteiger partial charge in [0, 0.05) is 17.3 Å². The van der Waals surface area contributed by atoms with Crippen LogP contribution < -0.4 is 10.6 Å². The van der Waals surface area contributed by atoms with Crippen LogP contribution in [0.25, 0.3) is 0 Å². The summed E-state index contributed by atoms with van der Waals surface area (Å²) in [6, 6.07) is 3.58. The average Bonchev–Trinajstić information content (AvgIpc) is 3.13. The molecule has 1 aromatic rings. The van der Waals surface area contributed by atoms with Gasteiger partial charge < -0.3 is 10.6 Å². The van der Waals surface area contributed by atoms with E-state index >= 15 is 0 Å². The van der Waals surface area contributed by atoms with Gasteiger partial charge in [0.1, 0.15) is 5.82 Å². The molecule has 1 fully saturated rings. The van der Waals surface area contributed by atoms with Gasteiger partial charge in [-0.15, -0.1) is 0 Å². The molecule has 0 saturated heterocycles. The molecule has 2 N–H and O–H groups in total. The molecule has 20 heavy (non-hydrogen) atoms. The fraction of sp³-hybridized carbons (Fsp3) is 0.500. The van der Waals surface area contributed by atoms with E-state index in [0.717, 1.165) is 17.3 Å². The molecular formula is C14H18BrN3O2. The monoisotopic (exact) mass is 339 g/mol. The third-order valence-electron chi connectivity index (χ3n) is 3.13. The zero-order valence-electron chi connectivity index (χ0n) is 11.8. The van der Waals surface area contributed by atoms with Crippen LogP contribution in [0.1, 0.15) is 39.3 Å². The van der Waals surface area contributed by atoms with Crippen LogP contribution in [0.2, 0.25) is 0 Å². The van der Waals surface area contributed by atoms with Gasteiger partial charge in [0.15, 0.2) is 0 Å². The van der Waals surface area contributed by atoms with E-state index in [0.29, 0.717) is 11.5 Å². The minimum Gasteiger partial charge on any atom is -0.346 e. The molecule has 1 aliphatic rings. The first-order valence-corrected chi connectivity index (χ1v) is 7.35. The first kappa shape index (κ1) is 15.0. The highest BCUT2D eigenvalue weighted by atomic mass is 79.9. The summed E-state index contributed by atoms with van der Waals surface area (Å²) in [4.78, 5) is 27.5. The first-order valence-electron chi connectivity index (χ1n) is 6.56. The number of amides is 2. The number of nitrogens with one attached hydrogen (secondary N) is 2. The molecule has 1 aromatic heterocycles. The van der Waals surface area contributed by atoms with E-state index in [1.54, 1.807) is 6.07 Å². The predicted molar refractivity (Wildman–Crippen MR) is 80.1 cm³/mol. The van der Waals surface area contributed by atoms with E-state index in [4.69, 9.17) is 0 Å². The molecule has 0 aliphatic heterocycles. The normalized spacial score (nSPS) is 14.8. The maximum atomic E-state index is 11.8. The lowest BCUT2D eigenvalue weighted by Gasteiger charge is -2.26. The molecule has 1 aliphatic carbocycles. The van der Waals surface area contributed by atoms with Crippen LogP contribution in [0.4, 0.5) is 5.82 Å². The second-order valence-corrected chi connectivity index (χ2v) is 6.45. The van der Waals surface area contributed by atoms with Crippen molar-refractivity contribution in [3.05, 3.63) is 22.3 Å². The van der Waals surface area contributed by atoms with Crippen molar-refractivity contribution in [3.63, 3.8) is 0 Å². The van der Waals surface area contributed by atoms with Crippen molar-refractivity contribution in [3.8, 4) is 0 Å². The summed E-state index contributed by atoms with van der Waals surface area (Å²) < 4.78 is 0.792. The maximum absolute atomic E-state index is 11.8. The molecule has 2 rings (SSSR count). The third kappa shape index (κ3) is 3.56. The second-order valence-electron chi connectivity index (χ2n) is 5.60. The standard InChI is InChI=1S/C14H18BrN3O2/c1-8(19)18-14(2,3)12-10(15)6-7-11(16-12)17-13(20)9-4-5-9/h6-7,9H,4-5H2,1-3H3,(H,18,19)(H,16,17,20). The van der Waals surface area contributed by atoms with E-state index in [2.05, 4.69) is 31.5 Å². The summed E-state index contributed by atoms with van der Waals surface area (Å²) in [5, 5.41) is 5.66. The van der Waals surface area contributed by atoms with Crippen LogP contribution in [-0.4, -0.2) is 16.8 Å². The number of nitrogens with zero attached hydrogens (tertiary/aromatic N) is 1. The molecule has 5 nitrogen and oxygen atoms in total. The molecule has 0 radical (unpaired) electrons. The zero-order chi connectivity index (χ0) is 14.9. The molecule has 1 saturated carbocycles. The van der Waals surface area contributed by atoms with Crippen LogP contribution in [0, 0.1) is 5.92 Å². The molecular weight excluding hydrogens is 322 g/mol. The van der Waals surface area contributed by atoms with E-state index in [1.165, 1.54) is 6.92 Å². The van der Waals surface area contributed by atoms with Crippen molar-refractivity contribution < 1.29 is 9.59 Å². The predicted octanol–water partition coefficient (Wildman–Crippen LogP) is 2.56. The van der Waals surface area contributed by atoms with Crippen LogP contribution in [0.15, 0.2) is 16.6 Å². The quantitative estimate of drug-likeness (QED) is 0.885. The van der Waals surface area contributed by atoms with Crippen molar-refractivity contribution in [2.45, 2.75) is 39.2 Å². The summed E-state index contributed by atoms with van der Waals surface area (Å²) in [5.74, 6) is 0.532. The Bertz CT molecular complexity index is 553. The van der Waals surface area contributed by atoms with Crippen molar-refractivity contribution >= 4 is 33.6 Å². The Kier molecular flexibility index (Phi) is 4.13. The van der Waals surface area contributed by atoms with Crippen LogP contribution >= 0.6 is 15.9 Å². The number of pyridine rings is 1. The smallest absolute Gasteiger partial charge is 0.228 e.